The molecule has 0 radical (unpaired) electrons. The lowest BCUT2D eigenvalue weighted by Crippen LogP contribution is -2.01. The largest absolute Gasteiger partial charge is 0.260 e. The van der Waals surface area contributed by atoms with Gasteiger partial charge in [-0.25, -0.2) is 0 Å². The van der Waals surface area contributed by atoms with Gasteiger partial charge in [0, 0.05) is 28.7 Å². The maximum absolute atomic E-state index is 10.9. The Morgan fingerprint density at radius 3 is 2.70 bits per heavy atom. The minimum Gasteiger partial charge on any atom is -0.260 e. The summed E-state index contributed by atoms with van der Waals surface area (Å²) >= 11 is 0. The van der Waals surface area contributed by atoms with E-state index in [4.69, 9.17) is 5.26 Å². The number of nitriles is 1. The first-order chi connectivity index (χ1) is 4.81. The average molecular weight is 159 g/mol. The highest BCUT2D eigenvalue weighted by molar-refractivity contribution is 7.84. The molecule has 0 heterocycles. The number of hydrogen-bond donors (Lipinski definition) is 0. The van der Waals surface area contributed by atoms with Crippen molar-refractivity contribution in [1.29, 1.82) is 5.26 Å². The first-order valence-corrected chi connectivity index (χ1v) is 5.02. The van der Waals surface area contributed by atoms with Gasteiger partial charge in [0.15, 0.2) is 0 Å². The second kappa shape index (κ2) is 6.76. The van der Waals surface area contributed by atoms with Gasteiger partial charge in [0.25, 0.3) is 0 Å². The lowest BCUT2D eigenvalue weighted by molar-refractivity contribution is 0.679. The molecule has 0 aliphatic carbocycles. The van der Waals surface area contributed by atoms with Crippen LogP contribution in [0.25, 0.3) is 0 Å². The molecular formula is C7H13NOS. The van der Waals surface area contributed by atoms with Crippen molar-refractivity contribution in [2.75, 3.05) is 11.5 Å². The molecule has 0 aliphatic rings. The number of unbranched alkanes of at least 4 members (excludes halogenated alkanes) is 1. The summed E-state index contributed by atoms with van der Waals surface area (Å²) in [6, 6.07) is 1.98. The van der Waals surface area contributed by atoms with Gasteiger partial charge in [-0.3, -0.25) is 4.21 Å². The molecule has 3 heteroatoms. The van der Waals surface area contributed by atoms with Crippen molar-refractivity contribution in [3.63, 3.8) is 0 Å². The van der Waals surface area contributed by atoms with Crippen LogP contribution in [0.3, 0.4) is 0 Å². The molecule has 0 saturated carbocycles. The van der Waals surface area contributed by atoms with Crippen molar-refractivity contribution in [1.82, 2.24) is 0 Å². The Kier molecular flexibility index (Phi) is 6.51. The van der Waals surface area contributed by atoms with Crippen LogP contribution >= 0.6 is 0 Å². The molecule has 1 atom stereocenters. The van der Waals surface area contributed by atoms with Gasteiger partial charge in [-0.2, -0.15) is 5.26 Å². The lowest BCUT2D eigenvalue weighted by atomic mass is 10.4. The van der Waals surface area contributed by atoms with Crippen molar-refractivity contribution < 1.29 is 4.21 Å². The summed E-state index contributed by atoms with van der Waals surface area (Å²) in [6.07, 6.45) is 2.52. The number of nitrogens with zero attached hydrogens (tertiary/aromatic N) is 1. The molecule has 58 valence electrons. The van der Waals surface area contributed by atoms with E-state index in [1.807, 2.05) is 6.07 Å². The summed E-state index contributed by atoms with van der Waals surface area (Å²) in [5.74, 6) is 1.31. The zero-order valence-corrected chi connectivity index (χ0v) is 7.12. The van der Waals surface area contributed by atoms with Crippen molar-refractivity contribution in [3.05, 3.63) is 0 Å². The molecule has 0 spiro atoms. The summed E-state index contributed by atoms with van der Waals surface area (Å²) in [5.41, 5.74) is 0. The van der Waals surface area contributed by atoms with E-state index in [0.29, 0.717) is 12.2 Å². The van der Waals surface area contributed by atoms with Gasteiger partial charge in [-0.15, -0.1) is 0 Å². The summed E-state index contributed by atoms with van der Waals surface area (Å²) in [7, 11) is -0.742. The van der Waals surface area contributed by atoms with Crippen LogP contribution in [0.1, 0.15) is 26.2 Å². The summed E-state index contributed by atoms with van der Waals surface area (Å²) in [4.78, 5) is 0. The van der Waals surface area contributed by atoms with Crippen LogP contribution in [-0.2, 0) is 10.8 Å². The molecule has 0 fully saturated rings. The first kappa shape index (κ1) is 9.64. The second-order valence-electron chi connectivity index (χ2n) is 2.11. The monoisotopic (exact) mass is 159 g/mol. The smallest absolute Gasteiger partial charge is 0.0631 e. The molecule has 0 aromatic rings. The highest BCUT2D eigenvalue weighted by Crippen LogP contribution is 1.93. The van der Waals surface area contributed by atoms with Crippen LogP contribution in [0.2, 0.25) is 0 Å². The van der Waals surface area contributed by atoms with E-state index in [1.165, 1.54) is 0 Å². The van der Waals surface area contributed by atoms with Gasteiger partial charge in [0.1, 0.15) is 0 Å². The Balaban J connectivity index is 3.19. The fraction of sp³-hybridized carbons (Fsp3) is 0.857. The van der Waals surface area contributed by atoms with Gasteiger partial charge < -0.3 is 0 Å². The third-order valence-electron chi connectivity index (χ3n) is 1.17. The van der Waals surface area contributed by atoms with Gasteiger partial charge in [-0.05, 0) is 6.42 Å². The Bertz CT molecular complexity index is 139. The summed E-state index contributed by atoms with van der Waals surface area (Å²) in [5, 5.41) is 8.16. The Labute approximate surface area is 64.7 Å². The molecule has 0 aromatic carbocycles. The van der Waals surface area contributed by atoms with Gasteiger partial charge in [-0.1, -0.05) is 13.3 Å². The van der Waals surface area contributed by atoms with Crippen LogP contribution in [0.5, 0.6) is 0 Å². The van der Waals surface area contributed by atoms with E-state index < -0.39 is 10.8 Å². The maximum Gasteiger partial charge on any atom is 0.0631 e. The van der Waals surface area contributed by atoms with Crippen molar-refractivity contribution in [2.45, 2.75) is 26.2 Å². The highest BCUT2D eigenvalue weighted by atomic mass is 32.2. The lowest BCUT2D eigenvalue weighted by Gasteiger charge is -1.95. The fourth-order valence-corrected chi connectivity index (χ4v) is 1.70. The van der Waals surface area contributed by atoms with Gasteiger partial charge >= 0.3 is 0 Å². The van der Waals surface area contributed by atoms with E-state index in [1.54, 1.807) is 0 Å². The molecular weight excluding hydrogens is 146 g/mol. The van der Waals surface area contributed by atoms with Crippen LogP contribution in [0.4, 0.5) is 0 Å². The number of rotatable bonds is 5. The normalized spacial score (nSPS) is 12.4. The zero-order chi connectivity index (χ0) is 7.82. The van der Waals surface area contributed by atoms with Gasteiger partial charge in [0.2, 0.25) is 0 Å². The van der Waals surface area contributed by atoms with E-state index >= 15 is 0 Å². The van der Waals surface area contributed by atoms with E-state index in [2.05, 4.69) is 6.92 Å². The summed E-state index contributed by atoms with van der Waals surface area (Å²) < 4.78 is 10.9. The first-order valence-electron chi connectivity index (χ1n) is 3.53. The molecule has 0 bridgehead atoms. The van der Waals surface area contributed by atoms with Crippen LogP contribution in [-0.4, -0.2) is 15.7 Å². The zero-order valence-electron chi connectivity index (χ0n) is 6.30. The van der Waals surface area contributed by atoms with Gasteiger partial charge in [0.05, 0.1) is 6.07 Å². The van der Waals surface area contributed by atoms with E-state index in [0.717, 1.165) is 18.6 Å². The van der Waals surface area contributed by atoms with Crippen LogP contribution in [0, 0.1) is 11.3 Å². The molecule has 0 aliphatic heterocycles. The quantitative estimate of drug-likeness (QED) is 0.609. The number of hydrogen-bond acceptors (Lipinski definition) is 2. The van der Waals surface area contributed by atoms with E-state index in [-0.39, 0.29) is 0 Å². The molecule has 1 unspecified atom stereocenters. The molecule has 0 saturated heterocycles. The van der Waals surface area contributed by atoms with Crippen molar-refractivity contribution in [3.8, 4) is 6.07 Å². The van der Waals surface area contributed by atoms with E-state index in [9.17, 15) is 4.21 Å². The fourth-order valence-electron chi connectivity index (χ4n) is 0.567. The Hall–Kier alpha value is -0.360. The van der Waals surface area contributed by atoms with Crippen LogP contribution in [0.15, 0.2) is 0 Å². The third kappa shape index (κ3) is 5.77. The predicted octanol–water partition coefficient (Wildman–Crippen LogP) is 1.45. The predicted molar refractivity (Wildman–Crippen MR) is 43.0 cm³/mol. The minimum absolute atomic E-state index is 0.427. The molecule has 10 heavy (non-hydrogen) atoms. The minimum atomic E-state index is -0.742. The Morgan fingerprint density at radius 2 is 2.20 bits per heavy atom. The Morgan fingerprint density at radius 1 is 1.50 bits per heavy atom. The second-order valence-corrected chi connectivity index (χ2v) is 3.81. The molecule has 2 nitrogen and oxygen atoms in total. The maximum atomic E-state index is 10.9. The third-order valence-corrected chi connectivity index (χ3v) is 2.57. The van der Waals surface area contributed by atoms with Crippen molar-refractivity contribution in [2.24, 2.45) is 0 Å². The van der Waals surface area contributed by atoms with Crippen LogP contribution < -0.4 is 0 Å². The SMILES string of the molecule is CCCCS(=O)CCC#N. The molecule has 0 aromatic heterocycles. The molecule has 0 N–H and O–H groups in total. The standard InChI is InChI=1S/C7H13NOS/c1-2-3-6-10(9)7-4-5-8/h2-4,6-7H2,1H3. The topological polar surface area (TPSA) is 40.9 Å². The molecule has 0 rings (SSSR count). The summed E-state index contributed by atoms with van der Waals surface area (Å²) in [6.45, 7) is 2.07. The average Bonchev–Trinajstić information content (AvgIpc) is 1.97. The highest BCUT2D eigenvalue weighted by Gasteiger charge is 1.96. The van der Waals surface area contributed by atoms with Crippen molar-refractivity contribution >= 4 is 10.8 Å². The molecule has 0 amide bonds.